The third kappa shape index (κ3) is 2.20. The third-order valence-electron chi connectivity index (χ3n) is 2.40. The molecule has 1 unspecified atom stereocenters. The fourth-order valence-electron chi connectivity index (χ4n) is 1.48. The second-order valence-electron chi connectivity index (χ2n) is 3.56. The van der Waals surface area contributed by atoms with E-state index in [1.807, 2.05) is 19.0 Å². The molecule has 0 spiro atoms. The van der Waals surface area contributed by atoms with Gasteiger partial charge < -0.3 is 9.64 Å². The minimum Gasteiger partial charge on any atom is -0.465 e. The van der Waals surface area contributed by atoms with Crippen molar-refractivity contribution in [2.75, 3.05) is 21.2 Å². The number of ether oxygens (including phenoxy) is 1. The van der Waals surface area contributed by atoms with Crippen LogP contribution in [0.5, 0.6) is 0 Å². The van der Waals surface area contributed by atoms with E-state index in [1.165, 1.54) is 7.11 Å². The Hall–Kier alpha value is -1.16. The van der Waals surface area contributed by atoms with E-state index in [0.717, 1.165) is 6.42 Å². The number of Topliss-reactive ketones (excluding diaryl/α,β-unsaturated/α-hetero) is 1. The molecule has 1 aliphatic rings. The van der Waals surface area contributed by atoms with Gasteiger partial charge in [0.15, 0.2) is 5.78 Å². The normalized spacial score (nSPS) is 22.1. The van der Waals surface area contributed by atoms with Crippen molar-refractivity contribution < 1.29 is 14.3 Å². The van der Waals surface area contributed by atoms with E-state index in [-0.39, 0.29) is 17.4 Å². The molecule has 1 atom stereocenters. The number of likely N-dealkylation sites (N-methyl/N-ethyl adjacent to an activating group) is 1. The number of esters is 1. The maximum Gasteiger partial charge on any atom is 0.341 e. The van der Waals surface area contributed by atoms with Crippen LogP contribution in [0.1, 0.15) is 12.8 Å². The lowest BCUT2D eigenvalue weighted by Crippen LogP contribution is -2.32. The van der Waals surface area contributed by atoms with Gasteiger partial charge in [-0.1, -0.05) is 0 Å². The Bertz CT molecular complexity index is 281. The van der Waals surface area contributed by atoms with Gasteiger partial charge >= 0.3 is 5.97 Å². The van der Waals surface area contributed by atoms with E-state index in [9.17, 15) is 9.59 Å². The van der Waals surface area contributed by atoms with Crippen molar-refractivity contribution in [2.45, 2.75) is 18.9 Å². The molecule has 0 heterocycles. The number of rotatable bonds is 2. The first-order valence-electron chi connectivity index (χ1n) is 4.56. The van der Waals surface area contributed by atoms with Gasteiger partial charge in [0.05, 0.1) is 7.11 Å². The van der Waals surface area contributed by atoms with E-state index >= 15 is 0 Å². The predicted molar refractivity (Wildman–Crippen MR) is 51.8 cm³/mol. The smallest absolute Gasteiger partial charge is 0.341 e. The van der Waals surface area contributed by atoms with Crippen molar-refractivity contribution in [2.24, 2.45) is 0 Å². The monoisotopic (exact) mass is 197 g/mol. The molecular weight excluding hydrogens is 182 g/mol. The number of methoxy groups -OCH3 is 1. The first-order chi connectivity index (χ1) is 6.56. The predicted octanol–water partition coefficient (Wildman–Crippen LogP) is 0.379. The number of hydrogen-bond acceptors (Lipinski definition) is 4. The van der Waals surface area contributed by atoms with E-state index in [0.29, 0.717) is 6.42 Å². The fourth-order valence-corrected chi connectivity index (χ4v) is 1.48. The van der Waals surface area contributed by atoms with Crippen molar-refractivity contribution >= 4 is 11.8 Å². The maximum absolute atomic E-state index is 11.4. The first-order valence-corrected chi connectivity index (χ1v) is 4.56. The number of carbonyl (C=O) groups excluding carboxylic acids is 2. The van der Waals surface area contributed by atoms with Crippen LogP contribution >= 0.6 is 0 Å². The van der Waals surface area contributed by atoms with Crippen LogP contribution in [0.25, 0.3) is 0 Å². The highest BCUT2D eigenvalue weighted by Crippen LogP contribution is 2.18. The molecule has 4 heteroatoms. The Morgan fingerprint density at radius 2 is 2.21 bits per heavy atom. The van der Waals surface area contributed by atoms with Crippen molar-refractivity contribution in [3.05, 3.63) is 11.6 Å². The van der Waals surface area contributed by atoms with Gasteiger partial charge in [0.1, 0.15) is 5.57 Å². The van der Waals surface area contributed by atoms with Gasteiger partial charge in [-0.2, -0.15) is 0 Å². The van der Waals surface area contributed by atoms with Crippen LogP contribution < -0.4 is 0 Å². The van der Waals surface area contributed by atoms with Crippen molar-refractivity contribution in [3.8, 4) is 0 Å². The first kappa shape index (κ1) is 10.9. The summed E-state index contributed by atoms with van der Waals surface area (Å²) in [5, 5.41) is 0. The zero-order chi connectivity index (χ0) is 10.7. The van der Waals surface area contributed by atoms with Gasteiger partial charge in [0, 0.05) is 12.5 Å². The summed E-state index contributed by atoms with van der Waals surface area (Å²) >= 11 is 0. The number of carbonyl (C=O) groups is 2. The van der Waals surface area contributed by atoms with Gasteiger partial charge in [-0.3, -0.25) is 4.79 Å². The molecule has 1 aliphatic carbocycles. The van der Waals surface area contributed by atoms with Crippen LogP contribution in [0, 0.1) is 0 Å². The highest BCUT2D eigenvalue weighted by atomic mass is 16.5. The Morgan fingerprint density at radius 3 is 2.71 bits per heavy atom. The molecule has 0 saturated heterocycles. The Kier molecular flexibility index (Phi) is 3.41. The van der Waals surface area contributed by atoms with Gasteiger partial charge in [-0.15, -0.1) is 0 Å². The molecule has 0 fully saturated rings. The molecule has 0 aliphatic heterocycles. The molecule has 4 nitrogen and oxygen atoms in total. The van der Waals surface area contributed by atoms with Gasteiger partial charge in [-0.25, -0.2) is 4.79 Å². The number of nitrogens with zero attached hydrogens (tertiary/aromatic N) is 1. The largest absolute Gasteiger partial charge is 0.465 e. The zero-order valence-electron chi connectivity index (χ0n) is 8.74. The zero-order valence-corrected chi connectivity index (χ0v) is 8.74. The molecule has 0 aromatic rings. The fraction of sp³-hybridized carbons (Fsp3) is 0.600. The highest BCUT2D eigenvalue weighted by Gasteiger charge is 2.26. The molecular formula is C10H15NO3. The SMILES string of the molecule is COC(=O)C1=CC(N(C)C)CCC1=O. The average molecular weight is 197 g/mol. The maximum atomic E-state index is 11.4. The van der Waals surface area contributed by atoms with E-state index < -0.39 is 5.97 Å². The van der Waals surface area contributed by atoms with Crippen LogP contribution in [0.4, 0.5) is 0 Å². The quantitative estimate of drug-likeness (QED) is 0.474. The third-order valence-corrected chi connectivity index (χ3v) is 2.40. The summed E-state index contributed by atoms with van der Waals surface area (Å²) in [7, 11) is 5.13. The van der Waals surface area contributed by atoms with E-state index in [1.54, 1.807) is 6.08 Å². The van der Waals surface area contributed by atoms with Crippen molar-refractivity contribution in [1.82, 2.24) is 4.90 Å². The molecule has 0 aromatic heterocycles. The molecule has 14 heavy (non-hydrogen) atoms. The molecule has 0 N–H and O–H groups in total. The molecule has 0 amide bonds. The summed E-state index contributed by atoms with van der Waals surface area (Å²) in [6, 6.07) is 0.154. The number of hydrogen-bond donors (Lipinski definition) is 0. The summed E-state index contributed by atoms with van der Waals surface area (Å²) in [5.74, 6) is -0.642. The topological polar surface area (TPSA) is 46.6 Å². The van der Waals surface area contributed by atoms with Gasteiger partial charge in [0.2, 0.25) is 0 Å². The Morgan fingerprint density at radius 1 is 1.57 bits per heavy atom. The minimum atomic E-state index is -0.526. The van der Waals surface area contributed by atoms with Crippen LogP contribution in [-0.2, 0) is 14.3 Å². The highest BCUT2D eigenvalue weighted by molar-refractivity contribution is 6.17. The number of ketones is 1. The molecule has 0 bridgehead atoms. The summed E-state index contributed by atoms with van der Waals surface area (Å²) < 4.78 is 4.54. The Balaban J connectivity index is 2.88. The summed E-state index contributed by atoms with van der Waals surface area (Å²) in [6.45, 7) is 0. The molecule has 0 aromatic carbocycles. The van der Waals surface area contributed by atoms with Crippen LogP contribution in [0.15, 0.2) is 11.6 Å². The lowest BCUT2D eigenvalue weighted by atomic mass is 9.94. The second-order valence-corrected chi connectivity index (χ2v) is 3.56. The molecule has 1 rings (SSSR count). The Labute approximate surface area is 83.5 Å². The van der Waals surface area contributed by atoms with Crippen molar-refractivity contribution in [3.63, 3.8) is 0 Å². The summed E-state index contributed by atoms with van der Waals surface area (Å²) in [6.07, 6.45) is 2.88. The van der Waals surface area contributed by atoms with Crippen LogP contribution in [0.2, 0.25) is 0 Å². The molecule has 78 valence electrons. The van der Waals surface area contributed by atoms with E-state index in [4.69, 9.17) is 0 Å². The lowest BCUT2D eigenvalue weighted by molar-refractivity contribution is -0.138. The summed E-state index contributed by atoms with van der Waals surface area (Å²) in [4.78, 5) is 24.6. The minimum absolute atomic E-state index is 0.116. The summed E-state index contributed by atoms with van der Waals surface area (Å²) in [5.41, 5.74) is 0.192. The van der Waals surface area contributed by atoms with Gasteiger partial charge in [-0.05, 0) is 26.6 Å². The van der Waals surface area contributed by atoms with Crippen LogP contribution in [-0.4, -0.2) is 43.9 Å². The van der Waals surface area contributed by atoms with Crippen LogP contribution in [0.3, 0.4) is 0 Å². The van der Waals surface area contributed by atoms with Crippen molar-refractivity contribution in [1.29, 1.82) is 0 Å². The average Bonchev–Trinajstić information content (AvgIpc) is 2.17. The molecule has 0 radical (unpaired) electrons. The second kappa shape index (κ2) is 4.37. The lowest BCUT2D eigenvalue weighted by Gasteiger charge is -2.24. The van der Waals surface area contributed by atoms with E-state index in [2.05, 4.69) is 4.74 Å². The van der Waals surface area contributed by atoms with Gasteiger partial charge in [0.25, 0.3) is 0 Å². The standard InChI is InChI=1S/C10H15NO3/c1-11(2)7-4-5-9(12)8(6-7)10(13)14-3/h6-7H,4-5H2,1-3H3. The molecule has 0 saturated carbocycles.